The summed E-state index contributed by atoms with van der Waals surface area (Å²) in [5.74, 6) is -2.10. The molecule has 3 amide bonds. The lowest BCUT2D eigenvalue weighted by Gasteiger charge is -2.31. The van der Waals surface area contributed by atoms with Gasteiger partial charge in [0, 0.05) is 25.3 Å². The zero-order chi connectivity index (χ0) is 22.3. The van der Waals surface area contributed by atoms with Gasteiger partial charge in [0.1, 0.15) is 0 Å². The molecule has 1 aliphatic heterocycles. The minimum atomic E-state index is -0.470. The maximum absolute atomic E-state index is 13.5. The third-order valence-corrected chi connectivity index (χ3v) is 9.09. The van der Waals surface area contributed by atoms with Crippen molar-refractivity contribution in [3.05, 3.63) is 69.7 Å². The van der Waals surface area contributed by atoms with E-state index in [1.54, 1.807) is 48.5 Å². The van der Waals surface area contributed by atoms with Crippen molar-refractivity contribution in [3.63, 3.8) is 0 Å². The van der Waals surface area contributed by atoms with Crippen LogP contribution in [0.15, 0.2) is 48.5 Å². The Morgan fingerprint density at radius 2 is 1.48 bits per heavy atom. The fourth-order valence-electron chi connectivity index (χ4n) is 4.08. The molecule has 31 heavy (non-hydrogen) atoms. The zero-order valence-electron chi connectivity index (χ0n) is 16.2. The van der Waals surface area contributed by atoms with Crippen molar-refractivity contribution in [2.45, 2.75) is 29.0 Å². The second-order valence-corrected chi connectivity index (χ2v) is 10.9. The largest absolute Gasteiger partial charge is 0.273 e. The number of hydrogen-bond donors (Lipinski definition) is 0. The smallest absolute Gasteiger partial charge is 0.272 e. The van der Waals surface area contributed by atoms with E-state index in [0.717, 1.165) is 5.01 Å². The monoisotopic (exact) mass is 586 g/mol. The summed E-state index contributed by atoms with van der Waals surface area (Å²) in [5, 5.41) is 3.18. The van der Waals surface area contributed by atoms with Crippen LogP contribution in [0.3, 0.4) is 0 Å². The standard InChI is InChI=1S/C22H18Br2Cl2N2O3/c23-17-9-15-16(10-18(17)24)22(31)28(21(15)30)27(11-13-3-1-2-4-19(13)26)20(29)12-5-7-14(25)8-6-12/h1-8,15-18H,9-11H2/t15-,16+,17+,18-. The van der Waals surface area contributed by atoms with Crippen molar-refractivity contribution >= 4 is 72.8 Å². The van der Waals surface area contributed by atoms with E-state index < -0.39 is 17.7 Å². The molecule has 2 fully saturated rings. The molecule has 0 unspecified atom stereocenters. The van der Waals surface area contributed by atoms with Gasteiger partial charge in [-0.2, -0.15) is 5.01 Å². The number of amides is 3. The van der Waals surface area contributed by atoms with Crippen LogP contribution in [0.1, 0.15) is 28.8 Å². The van der Waals surface area contributed by atoms with Gasteiger partial charge in [-0.3, -0.25) is 14.4 Å². The minimum Gasteiger partial charge on any atom is -0.272 e. The Labute approximate surface area is 206 Å². The van der Waals surface area contributed by atoms with Crippen LogP contribution in [-0.4, -0.2) is 37.4 Å². The van der Waals surface area contributed by atoms with Gasteiger partial charge >= 0.3 is 0 Å². The van der Waals surface area contributed by atoms with E-state index in [1.807, 2.05) is 0 Å². The number of imide groups is 1. The summed E-state index contributed by atoms with van der Waals surface area (Å²) in [7, 11) is 0. The van der Waals surface area contributed by atoms with Gasteiger partial charge in [-0.25, -0.2) is 5.01 Å². The first-order valence-corrected chi connectivity index (χ1v) is 12.3. The normalized spacial score (nSPS) is 25.5. The highest BCUT2D eigenvalue weighted by molar-refractivity contribution is 9.12. The number of alkyl halides is 2. The van der Waals surface area contributed by atoms with Gasteiger partial charge in [-0.15, -0.1) is 0 Å². The Bertz CT molecular complexity index is 1010. The van der Waals surface area contributed by atoms with E-state index in [9.17, 15) is 14.4 Å². The quantitative estimate of drug-likeness (QED) is 0.351. The third kappa shape index (κ3) is 4.42. The molecular weight excluding hydrogens is 571 g/mol. The van der Waals surface area contributed by atoms with Crippen molar-refractivity contribution < 1.29 is 14.4 Å². The SMILES string of the molecule is O=C(c1ccc(Cl)cc1)N(Cc1ccccc1Cl)N1C(=O)[C@H]2C[C@@H](Br)[C@@H](Br)C[C@H]2C1=O. The van der Waals surface area contributed by atoms with Gasteiger partial charge in [0.2, 0.25) is 0 Å². The maximum atomic E-state index is 13.5. The average molecular weight is 589 g/mol. The summed E-state index contributed by atoms with van der Waals surface area (Å²) in [4.78, 5) is 40.3. The van der Waals surface area contributed by atoms with Crippen LogP contribution in [0.2, 0.25) is 10.0 Å². The predicted octanol–water partition coefficient (Wildman–Crippen LogP) is 5.47. The van der Waals surface area contributed by atoms with Gasteiger partial charge in [0.25, 0.3) is 17.7 Å². The first-order chi connectivity index (χ1) is 14.8. The van der Waals surface area contributed by atoms with Gasteiger partial charge < -0.3 is 0 Å². The van der Waals surface area contributed by atoms with Gasteiger partial charge in [0.15, 0.2) is 0 Å². The number of carbonyl (C=O) groups is 3. The highest BCUT2D eigenvalue weighted by atomic mass is 79.9. The number of benzene rings is 2. The van der Waals surface area contributed by atoms with Crippen molar-refractivity contribution in [2.24, 2.45) is 11.8 Å². The van der Waals surface area contributed by atoms with E-state index in [1.165, 1.54) is 5.01 Å². The van der Waals surface area contributed by atoms with E-state index in [4.69, 9.17) is 23.2 Å². The lowest BCUT2D eigenvalue weighted by Crippen LogP contribution is -2.49. The molecule has 9 heteroatoms. The van der Waals surface area contributed by atoms with Crippen LogP contribution in [0.25, 0.3) is 0 Å². The summed E-state index contributed by atoms with van der Waals surface area (Å²) in [5.41, 5.74) is 0.961. The molecule has 2 aromatic rings. The van der Waals surface area contributed by atoms with Gasteiger partial charge in [-0.05, 0) is 48.7 Å². The Morgan fingerprint density at radius 3 is 2.03 bits per heavy atom. The number of halogens is 4. The number of carbonyl (C=O) groups excluding carboxylic acids is 3. The number of rotatable bonds is 4. The molecule has 1 saturated carbocycles. The third-order valence-electron chi connectivity index (χ3n) is 5.73. The first kappa shape index (κ1) is 22.8. The Hall–Kier alpha value is -1.41. The first-order valence-electron chi connectivity index (χ1n) is 9.74. The zero-order valence-corrected chi connectivity index (χ0v) is 20.9. The van der Waals surface area contributed by atoms with Crippen LogP contribution in [-0.2, 0) is 16.1 Å². The highest BCUT2D eigenvalue weighted by Crippen LogP contribution is 2.44. The van der Waals surface area contributed by atoms with Crippen LogP contribution >= 0.6 is 55.1 Å². The molecule has 0 bridgehead atoms. The van der Waals surface area contributed by atoms with E-state index in [-0.39, 0.29) is 28.0 Å². The molecule has 2 aromatic carbocycles. The summed E-state index contributed by atoms with van der Waals surface area (Å²) in [6.45, 7) is -0.00641. The van der Waals surface area contributed by atoms with E-state index >= 15 is 0 Å². The van der Waals surface area contributed by atoms with Crippen molar-refractivity contribution in [1.29, 1.82) is 0 Å². The van der Waals surface area contributed by atoms with Gasteiger partial charge in [-0.1, -0.05) is 73.3 Å². The van der Waals surface area contributed by atoms with E-state index in [2.05, 4.69) is 31.9 Å². The van der Waals surface area contributed by atoms with Crippen LogP contribution in [0.5, 0.6) is 0 Å². The molecule has 5 nitrogen and oxygen atoms in total. The molecule has 0 radical (unpaired) electrons. The molecule has 0 spiro atoms. The average Bonchev–Trinajstić information content (AvgIpc) is 2.98. The molecule has 0 N–H and O–H groups in total. The molecule has 4 rings (SSSR count). The van der Waals surface area contributed by atoms with E-state index in [0.29, 0.717) is 34.0 Å². The molecule has 1 aliphatic carbocycles. The fraction of sp³-hybridized carbons (Fsp3) is 0.318. The Kier molecular flexibility index (Phi) is 6.77. The minimum absolute atomic E-state index is 0.00641. The molecule has 1 saturated heterocycles. The number of nitrogens with zero attached hydrogens (tertiary/aromatic N) is 2. The van der Waals surface area contributed by atoms with Gasteiger partial charge in [0.05, 0.1) is 18.4 Å². The van der Waals surface area contributed by atoms with Crippen molar-refractivity contribution in [3.8, 4) is 0 Å². The van der Waals surface area contributed by atoms with Crippen LogP contribution in [0.4, 0.5) is 0 Å². The molecular formula is C22H18Br2Cl2N2O3. The highest BCUT2D eigenvalue weighted by Gasteiger charge is 2.54. The predicted molar refractivity (Wildman–Crippen MR) is 126 cm³/mol. The number of hydrazine groups is 1. The molecule has 4 atom stereocenters. The second kappa shape index (κ2) is 9.22. The lowest BCUT2D eigenvalue weighted by atomic mass is 9.81. The Morgan fingerprint density at radius 1 is 0.935 bits per heavy atom. The van der Waals surface area contributed by atoms with Crippen LogP contribution in [0, 0.1) is 11.8 Å². The number of hydrogen-bond acceptors (Lipinski definition) is 3. The molecule has 1 heterocycles. The lowest BCUT2D eigenvalue weighted by molar-refractivity contribution is -0.155. The fourth-order valence-corrected chi connectivity index (χ4v) is 5.64. The Balaban J connectivity index is 1.72. The van der Waals surface area contributed by atoms with Crippen molar-refractivity contribution in [2.75, 3.05) is 0 Å². The summed E-state index contributed by atoms with van der Waals surface area (Å²) < 4.78 is 0. The summed E-state index contributed by atoms with van der Waals surface area (Å²) in [6, 6.07) is 13.4. The second-order valence-electron chi connectivity index (χ2n) is 7.67. The summed E-state index contributed by atoms with van der Waals surface area (Å²) >= 11 is 19.5. The summed E-state index contributed by atoms with van der Waals surface area (Å²) in [6.07, 6.45) is 1.05. The maximum Gasteiger partial charge on any atom is 0.273 e. The molecule has 0 aromatic heterocycles. The molecule has 162 valence electrons. The number of fused-ring (bicyclic) bond motifs is 1. The topological polar surface area (TPSA) is 57.7 Å². The van der Waals surface area contributed by atoms with Crippen molar-refractivity contribution in [1.82, 2.24) is 10.0 Å². The molecule has 2 aliphatic rings. The van der Waals surface area contributed by atoms with Crippen LogP contribution < -0.4 is 0 Å².